The highest BCUT2D eigenvalue weighted by molar-refractivity contribution is 6.33. The number of ketones is 1. The summed E-state index contributed by atoms with van der Waals surface area (Å²) < 4.78 is 43.4. The van der Waals surface area contributed by atoms with Gasteiger partial charge in [-0.25, -0.2) is 0 Å². The van der Waals surface area contributed by atoms with Crippen molar-refractivity contribution in [2.75, 3.05) is 6.61 Å². The fraction of sp³-hybridized carbons (Fsp3) is 0.364. The fourth-order valence-electron chi connectivity index (χ4n) is 1.39. The third-order valence-electron chi connectivity index (χ3n) is 2.07. The molecule has 0 heterocycles. The summed E-state index contributed by atoms with van der Waals surface area (Å²) in [6.07, 6.45) is -4.69. The first-order chi connectivity index (χ1) is 7.79. The van der Waals surface area contributed by atoms with Gasteiger partial charge in [0.25, 0.3) is 0 Å². The number of carbonyl (C=O) groups excluding carboxylic acids is 1. The molecule has 0 fully saturated rings. The van der Waals surface area contributed by atoms with Crippen molar-refractivity contribution in [3.05, 3.63) is 28.3 Å². The number of benzene rings is 1. The van der Waals surface area contributed by atoms with E-state index in [4.69, 9.17) is 16.3 Å². The van der Waals surface area contributed by atoms with Crippen LogP contribution in [0.5, 0.6) is 5.75 Å². The number of Topliss-reactive ketones (excluding diaryl/α,β-unsaturated/α-hetero) is 1. The smallest absolute Gasteiger partial charge is 0.418 e. The molecule has 6 heteroatoms. The van der Waals surface area contributed by atoms with Crippen LogP contribution in [0.15, 0.2) is 12.1 Å². The van der Waals surface area contributed by atoms with E-state index in [0.29, 0.717) is 0 Å². The van der Waals surface area contributed by atoms with Gasteiger partial charge >= 0.3 is 6.18 Å². The summed E-state index contributed by atoms with van der Waals surface area (Å²) in [5, 5.41) is -0.577. The van der Waals surface area contributed by atoms with Crippen molar-refractivity contribution < 1.29 is 22.7 Å². The van der Waals surface area contributed by atoms with Gasteiger partial charge in [0.15, 0.2) is 5.78 Å². The quantitative estimate of drug-likeness (QED) is 0.774. The second kappa shape index (κ2) is 4.96. The van der Waals surface area contributed by atoms with Crippen LogP contribution in [0, 0.1) is 0 Å². The molecule has 0 spiro atoms. The summed E-state index contributed by atoms with van der Waals surface area (Å²) in [4.78, 5) is 11.1. The minimum atomic E-state index is -4.69. The van der Waals surface area contributed by atoms with Crippen LogP contribution < -0.4 is 4.74 Å². The number of ether oxygens (including phenoxy) is 1. The van der Waals surface area contributed by atoms with Crippen LogP contribution in [0.4, 0.5) is 13.2 Å². The van der Waals surface area contributed by atoms with Crippen LogP contribution in [0.3, 0.4) is 0 Å². The van der Waals surface area contributed by atoms with Gasteiger partial charge in [0.05, 0.1) is 17.2 Å². The van der Waals surface area contributed by atoms with Gasteiger partial charge in [-0.1, -0.05) is 11.6 Å². The van der Waals surface area contributed by atoms with Crippen molar-refractivity contribution in [3.63, 3.8) is 0 Å². The normalized spacial score (nSPS) is 11.4. The third-order valence-corrected chi connectivity index (χ3v) is 2.44. The Morgan fingerprint density at radius 2 is 2.00 bits per heavy atom. The number of carbonyl (C=O) groups is 1. The Hall–Kier alpha value is -1.23. The molecule has 0 saturated heterocycles. The Labute approximate surface area is 101 Å². The van der Waals surface area contributed by atoms with Crippen LogP contribution >= 0.6 is 11.6 Å². The van der Waals surface area contributed by atoms with Crippen LogP contribution in [0.2, 0.25) is 5.02 Å². The Morgan fingerprint density at radius 3 is 2.41 bits per heavy atom. The van der Waals surface area contributed by atoms with Gasteiger partial charge < -0.3 is 4.74 Å². The lowest BCUT2D eigenvalue weighted by molar-refractivity contribution is -0.137. The highest BCUT2D eigenvalue weighted by Gasteiger charge is 2.38. The van der Waals surface area contributed by atoms with E-state index < -0.39 is 28.1 Å². The Kier molecular flexibility index (Phi) is 4.03. The lowest BCUT2D eigenvalue weighted by Crippen LogP contribution is -2.13. The van der Waals surface area contributed by atoms with Gasteiger partial charge in [-0.15, -0.1) is 0 Å². The molecule has 1 rings (SSSR count). The largest absolute Gasteiger partial charge is 0.492 e. The zero-order chi connectivity index (χ0) is 13.2. The molecule has 0 amide bonds. The SMILES string of the molecule is CCOc1ccc(C(C)=O)c(C(F)(F)F)c1Cl. The minimum absolute atomic E-state index is 0.0773. The fourth-order valence-corrected chi connectivity index (χ4v) is 1.72. The van der Waals surface area contributed by atoms with Gasteiger partial charge in [0, 0.05) is 5.56 Å². The number of alkyl halides is 3. The number of hydrogen-bond donors (Lipinski definition) is 0. The predicted octanol–water partition coefficient (Wildman–Crippen LogP) is 3.96. The number of rotatable bonds is 3. The highest BCUT2D eigenvalue weighted by atomic mass is 35.5. The maximum absolute atomic E-state index is 12.8. The van der Waals surface area contributed by atoms with E-state index in [9.17, 15) is 18.0 Å². The standard InChI is InChI=1S/C11H10ClF3O2/c1-3-17-8-5-4-7(6(2)16)9(10(8)12)11(13,14)15/h4-5H,3H2,1-2H3. The average molecular weight is 267 g/mol. The first kappa shape index (κ1) is 13.8. The molecule has 0 bridgehead atoms. The lowest BCUT2D eigenvalue weighted by Gasteiger charge is -2.15. The van der Waals surface area contributed by atoms with Crippen molar-refractivity contribution in [2.24, 2.45) is 0 Å². The minimum Gasteiger partial charge on any atom is -0.492 e. The van der Waals surface area contributed by atoms with E-state index in [1.165, 1.54) is 6.07 Å². The van der Waals surface area contributed by atoms with Crippen molar-refractivity contribution in [1.82, 2.24) is 0 Å². The number of hydrogen-bond acceptors (Lipinski definition) is 2. The molecule has 94 valence electrons. The molecule has 0 N–H and O–H groups in total. The number of halogens is 4. The van der Waals surface area contributed by atoms with Crippen molar-refractivity contribution >= 4 is 17.4 Å². The summed E-state index contributed by atoms with van der Waals surface area (Å²) in [6.45, 7) is 2.88. The van der Waals surface area contributed by atoms with E-state index in [-0.39, 0.29) is 12.4 Å². The van der Waals surface area contributed by atoms with Gasteiger partial charge in [-0.2, -0.15) is 13.2 Å². The first-order valence-electron chi connectivity index (χ1n) is 4.82. The van der Waals surface area contributed by atoms with Crippen LogP contribution in [-0.2, 0) is 6.18 Å². The van der Waals surface area contributed by atoms with Crippen LogP contribution in [-0.4, -0.2) is 12.4 Å². The molecule has 0 unspecified atom stereocenters. The zero-order valence-corrected chi connectivity index (χ0v) is 9.95. The van der Waals surface area contributed by atoms with E-state index in [1.807, 2.05) is 0 Å². The predicted molar refractivity (Wildman–Crippen MR) is 57.6 cm³/mol. The van der Waals surface area contributed by atoms with E-state index in [0.717, 1.165) is 13.0 Å². The first-order valence-corrected chi connectivity index (χ1v) is 5.20. The van der Waals surface area contributed by atoms with Gasteiger partial charge in [-0.3, -0.25) is 4.79 Å². The summed E-state index contributed by atoms with van der Waals surface area (Å²) in [7, 11) is 0. The topological polar surface area (TPSA) is 26.3 Å². The molecule has 0 aliphatic carbocycles. The Bertz CT molecular complexity index is 441. The molecule has 1 aromatic rings. The molecule has 0 aromatic heterocycles. The molecular weight excluding hydrogens is 257 g/mol. The molecule has 0 aliphatic rings. The molecule has 0 radical (unpaired) electrons. The van der Waals surface area contributed by atoms with E-state index in [1.54, 1.807) is 6.92 Å². The highest BCUT2D eigenvalue weighted by Crippen LogP contribution is 2.41. The van der Waals surface area contributed by atoms with E-state index >= 15 is 0 Å². The summed E-state index contributed by atoms with van der Waals surface area (Å²) in [5.41, 5.74) is -1.59. The van der Waals surface area contributed by atoms with Gasteiger partial charge in [-0.05, 0) is 26.0 Å². The Balaban J connectivity index is 3.48. The second-order valence-electron chi connectivity index (χ2n) is 3.29. The molecule has 2 nitrogen and oxygen atoms in total. The second-order valence-corrected chi connectivity index (χ2v) is 3.67. The molecule has 0 atom stereocenters. The maximum atomic E-state index is 12.8. The van der Waals surface area contributed by atoms with Crippen molar-refractivity contribution in [1.29, 1.82) is 0 Å². The van der Waals surface area contributed by atoms with Gasteiger partial charge in [0.2, 0.25) is 0 Å². The van der Waals surface area contributed by atoms with Crippen molar-refractivity contribution in [2.45, 2.75) is 20.0 Å². The summed E-state index contributed by atoms with van der Waals surface area (Å²) >= 11 is 5.62. The molecule has 1 aromatic carbocycles. The lowest BCUT2D eigenvalue weighted by atomic mass is 10.0. The third kappa shape index (κ3) is 2.91. The van der Waals surface area contributed by atoms with Crippen LogP contribution in [0.25, 0.3) is 0 Å². The van der Waals surface area contributed by atoms with Gasteiger partial charge in [0.1, 0.15) is 5.75 Å². The summed E-state index contributed by atoms with van der Waals surface area (Å²) in [6, 6.07) is 2.33. The average Bonchev–Trinajstić information content (AvgIpc) is 2.18. The summed E-state index contributed by atoms with van der Waals surface area (Å²) in [5.74, 6) is -0.770. The molecule has 0 saturated carbocycles. The van der Waals surface area contributed by atoms with Crippen molar-refractivity contribution in [3.8, 4) is 5.75 Å². The zero-order valence-electron chi connectivity index (χ0n) is 9.19. The van der Waals surface area contributed by atoms with Crippen LogP contribution in [0.1, 0.15) is 29.8 Å². The van der Waals surface area contributed by atoms with E-state index in [2.05, 4.69) is 0 Å². The Morgan fingerprint density at radius 1 is 1.41 bits per heavy atom. The monoisotopic (exact) mass is 266 g/mol. The molecular formula is C11H10ClF3O2. The molecule has 0 aliphatic heterocycles. The molecule has 17 heavy (non-hydrogen) atoms. The maximum Gasteiger partial charge on any atom is 0.418 e.